The fraction of sp³-hybridized carbons (Fsp3) is 0.833. The number of carboxylic acid groups (broad SMARTS) is 1. The van der Waals surface area contributed by atoms with Gasteiger partial charge in [0.25, 0.3) is 0 Å². The molecule has 0 saturated carbocycles. The monoisotopic (exact) mass is 245 g/mol. The fourth-order valence-electron chi connectivity index (χ4n) is 1.42. The summed E-state index contributed by atoms with van der Waals surface area (Å²) in [7, 11) is 0. The van der Waals surface area contributed by atoms with Crippen molar-refractivity contribution in [2.45, 2.75) is 58.6 Å². The van der Waals surface area contributed by atoms with E-state index in [1.807, 2.05) is 6.92 Å². The Hall–Kier alpha value is -1.10. The number of unbranched alkanes of at least 4 members (excludes halogenated alkanes) is 1. The van der Waals surface area contributed by atoms with Crippen LogP contribution in [0.3, 0.4) is 0 Å². The predicted molar refractivity (Wildman–Crippen MR) is 64.5 cm³/mol. The van der Waals surface area contributed by atoms with E-state index < -0.39 is 29.5 Å². The van der Waals surface area contributed by atoms with Crippen LogP contribution in [0, 0.1) is 5.92 Å². The van der Waals surface area contributed by atoms with Gasteiger partial charge in [0.15, 0.2) is 0 Å². The summed E-state index contributed by atoms with van der Waals surface area (Å²) in [5.41, 5.74) is 4.90. The molecule has 0 rings (SSSR count). The zero-order valence-electron chi connectivity index (χ0n) is 11.0. The molecule has 0 aliphatic rings. The number of hydrogen-bond donors (Lipinski definition) is 2. The van der Waals surface area contributed by atoms with E-state index in [1.165, 1.54) is 0 Å². The van der Waals surface area contributed by atoms with Gasteiger partial charge in [0, 0.05) is 0 Å². The second-order valence-electron chi connectivity index (χ2n) is 5.15. The van der Waals surface area contributed by atoms with E-state index in [4.69, 9.17) is 15.6 Å². The van der Waals surface area contributed by atoms with Crippen molar-refractivity contribution < 1.29 is 19.4 Å². The van der Waals surface area contributed by atoms with Crippen LogP contribution in [0.2, 0.25) is 0 Å². The van der Waals surface area contributed by atoms with E-state index in [0.717, 1.165) is 12.8 Å². The summed E-state index contributed by atoms with van der Waals surface area (Å²) < 4.78 is 5.19. The molecular formula is C12H23NO4. The highest BCUT2D eigenvalue weighted by molar-refractivity contribution is 5.83. The Morgan fingerprint density at radius 2 is 1.88 bits per heavy atom. The van der Waals surface area contributed by atoms with E-state index in [0.29, 0.717) is 6.42 Å². The Balaban J connectivity index is 4.67. The molecule has 0 aromatic heterocycles. The summed E-state index contributed by atoms with van der Waals surface area (Å²) in [4.78, 5) is 22.7. The molecule has 0 bridgehead atoms. The maximum atomic E-state index is 11.8. The Morgan fingerprint density at radius 1 is 1.35 bits per heavy atom. The number of ether oxygens (including phenoxy) is 1. The van der Waals surface area contributed by atoms with Crippen LogP contribution < -0.4 is 5.73 Å². The Morgan fingerprint density at radius 3 is 2.24 bits per heavy atom. The second kappa shape index (κ2) is 6.59. The van der Waals surface area contributed by atoms with Crippen molar-refractivity contribution in [2.24, 2.45) is 11.7 Å². The molecule has 17 heavy (non-hydrogen) atoms. The number of esters is 1. The molecule has 0 aromatic rings. The average molecular weight is 245 g/mol. The van der Waals surface area contributed by atoms with Crippen LogP contribution in [-0.4, -0.2) is 28.7 Å². The lowest BCUT2D eigenvalue weighted by atomic mass is 9.94. The SMILES string of the molecule is CCCC[C@H](C(=O)OC(C)(C)C)[C@H](N)C(=O)O. The van der Waals surface area contributed by atoms with Gasteiger partial charge >= 0.3 is 11.9 Å². The maximum Gasteiger partial charge on any atom is 0.321 e. The van der Waals surface area contributed by atoms with Gasteiger partial charge < -0.3 is 15.6 Å². The van der Waals surface area contributed by atoms with Crippen LogP contribution in [0.5, 0.6) is 0 Å². The molecule has 0 aliphatic heterocycles. The number of hydrogen-bond acceptors (Lipinski definition) is 4. The van der Waals surface area contributed by atoms with Gasteiger partial charge in [-0.1, -0.05) is 19.8 Å². The van der Waals surface area contributed by atoms with E-state index in [-0.39, 0.29) is 0 Å². The lowest BCUT2D eigenvalue weighted by molar-refractivity contribution is -0.164. The topological polar surface area (TPSA) is 89.6 Å². The van der Waals surface area contributed by atoms with Crippen molar-refractivity contribution in [3.8, 4) is 0 Å². The molecule has 3 N–H and O–H groups in total. The highest BCUT2D eigenvalue weighted by Gasteiger charge is 2.33. The summed E-state index contributed by atoms with van der Waals surface area (Å²) in [6.07, 6.45) is 2.08. The van der Waals surface area contributed by atoms with Crippen molar-refractivity contribution in [1.29, 1.82) is 0 Å². The average Bonchev–Trinajstić information content (AvgIpc) is 2.15. The normalized spacial score (nSPS) is 15.1. The first-order valence-electron chi connectivity index (χ1n) is 5.90. The standard InChI is InChI=1S/C12H23NO4/c1-5-6-7-8(9(13)10(14)15)11(16)17-12(2,3)4/h8-9H,5-7,13H2,1-4H3,(H,14,15)/t8-,9-/m0/s1. The third-order valence-corrected chi connectivity index (χ3v) is 2.30. The molecule has 0 amide bonds. The summed E-state index contributed by atoms with van der Waals surface area (Å²) in [5.74, 6) is -2.47. The summed E-state index contributed by atoms with van der Waals surface area (Å²) >= 11 is 0. The molecule has 0 fully saturated rings. The number of carboxylic acids is 1. The van der Waals surface area contributed by atoms with Gasteiger partial charge in [-0.05, 0) is 27.2 Å². The Kier molecular flexibility index (Phi) is 6.16. The fourth-order valence-corrected chi connectivity index (χ4v) is 1.42. The maximum absolute atomic E-state index is 11.8. The summed E-state index contributed by atoms with van der Waals surface area (Å²) in [6, 6.07) is -1.20. The zero-order chi connectivity index (χ0) is 13.6. The molecular weight excluding hydrogens is 222 g/mol. The molecule has 0 saturated heterocycles. The minimum absolute atomic E-state index is 0.443. The Labute approximate surface area is 102 Å². The molecule has 5 heteroatoms. The van der Waals surface area contributed by atoms with Gasteiger partial charge in [-0.2, -0.15) is 0 Å². The number of carbonyl (C=O) groups is 2. The van der Waals surface area contributed by atoms with Gasteiger partial charge in [0.1, 0.15) is 11.6 Å². The molecule has 0 aliphatic carbocycles. The van der Waals surface area contributed by atoms with Crippen molar-refractivity contribution in [3.05, 3.63) is 0 Å². The molecule has 0 spiro atoms. The molecule has 0 heterocycles. The van der Waals surface area contributed by atoms with Crippen molar-refractivity contribution >= 4 is 11.9 Å². The van der Waals surface area contributed by atoms with Gasteiger partial charge in [-0.25, -0.2) is 0 Å². The highest BCUT2D eigenvalue weighted by Crippen LogP contribution is 2.18. The third kappa shape index (κ3) is 6.26. The van der Waals surface area contributed by atoms with Gasteiger partial charge in [0.05, 0.1) is 5.92 Å². The second-order valence-corrected chi connectivity index (χ2v) is 5.15. The highest BCUT2D eigenvalue weighted by atomic mass is 16.6. The van der Waals surface area contributed by atoms with E-state index in [9.17, 15) is 9.59 Å². The summed E-state index contributed by atoms with van der Waals surface area (Å²) in [5, 5.41) is 8.87. The molecule has 100 valence electrons. The van der Waals surface area contributed by atoms with Gasteiger partial charge in [0.2, 0.25) is 0 Å². The number of carbonyl (C=O) groups excluding carboxylic acids is 1. The third-order valence-electron chi connectivity index (χ3n) is 2.30. The number of rotatable bonds is 6. The van der Waals surface area contributed by atoms with Crippen LogP contribution >= 0.6 is 0 Å². The molecule has 2 atom stereocenters. The smallest absolute Gasteiger partial charge is 0.321 e. The Bertz CT molecular complexity index is 270. The predicted octanol–water partition coefficient (Wildman–Crippen LogP) is 1.55. The largest absolute Gasteiger partial charge is 0.480 e. The van der Waals surface area contributed by atoms with Crippen LogP contribution in [0.15, 0.2) is 0 Å². The van der Waals surface area contributed by atoms with Crippen LogP contribution in [-0.2, 0) is 14.3 Å². The van der Waals surface area contributed by atoms with Crippen LogP contribution in [0.25, 0.3) is 0 Å². The van der Waals surface area contributed by atoms with Crippen molar-refractivity contribution in [1.82, 2.24) is 0 Å². The van der Waals surface area contributed by atoms with Crippen molar-refractivity contribution in [3.63, 3.8) is 0 Å². The van der Waals surface area contributed by atoms with E-state index in [2.05, 4.69) is 0 Å². The van der Waals surface area contributed by atoms with E-state index in [1.54, 1.807) is 20.8 Å². The summed E-state index contributed by atoms with van der Waals surface area (Å²) in [6.45, 7) is 7.20. The molecule has 0 radical (unpaired) electrons. The first-order chi connectivity index (χ1) is 7.69. The first kappa shape index (κ1) is 15.9. The molecule has 5 nitrogen and oxygen atoms in total. The number of aliphatic carboxylic acids is 1. The number of nitrogens with two attached hydrogens (primary N) is 1. The first-order valence-corrected chi connectivity index (χ1v) is 5.90. The lowest BCUT2D eigenvalue weighted by Crippen LogP contribution is -2.44. The molecule has 0 unspecified atom stereocenters. The van der Waals surface area contributed by atoms with Crippen LogP contribution in [0.1, 0.15) is 47.0 Å². The quantitative estimate of drug-likeness (QED) is 0.693. The van der Waals surface area contributed by atoms with Crippen molar-refractivity contribution in [2.75, 3.05) is 0 Å². The van der Waals surface area contributed by atoms with E-state index >= 15 is 0 Å². The minimum Gasteiger partial charge on any atom is -0.480 e. The minimum atomic E-state index is -1.20. The van der Waals surface area contributed by atoms with Gasteiger partial charge in [-0.3, -0.25) is 9.59 Å². The van der Waals surface area contributed by atoms with Gasteiger partial charge in [-0.15, -0.1) is 0 Å². The lowest BCUT2D eigenvalue weighted by Gasteiger charge is -2.25. The molecule has 0 aromatic carbocycles. The zero-order valence-corrected chi connectivity index (χ0v) is 11.0. The van der Waals surface area contributed by atoms with Crippen LogP contribution in [0.4, 0.5) is 0 Å².